The molecule has 1 heterocycles. The second-order valence-corrected chi connectivity index (χ2v) is 5.57. The molecule has 0 saturated carbocycles. The Kier molecular flexibility index (Phi) is 10.1. The molecule has 1 aliphatic rings. The maximum Gasteiger partial charge on any atom is 0.242 e. The van der Waals surface area contributed by atoms with Gasteiger partial charge >= 0.3 is 0 Å². The number of imide groups is 1. The average molecular weight is 273 g/mol. The van der Waals surface area contributed by atoms with Crippen LogP contribution in [0.1, 0.15) is 59.8 Å². The minimum absolute atomic E-state index is 0.0208. The van der Waals surface area contributed by atoms with Crippen LogP contribution in [0, 0.1) is 0 Å². The van der Waals surface area contributed by atoms with Gasteiger partial charge in [0.1, 0.15) is 0 Å². The molecule has 1 fully saturated rings. The van der Waals surface area contributed by atoms with Gasteiger partial charge in [-0.05, 0) is 12.2 Å². The predicted molar refractivity (Wildman–Crippen MR) is 78.7 cm³/mol. The van der Waals surface area contributed by atoms with Crippen LogP contribution in [0.25, 0.3) is 0 Å². The van der Waals surface area contributed by atoms with E-state index in [0.717, 1.165) is 18.6 Å². The molecule has 1 saturated heterocycles. The zero-order valence-corrected chi connectivity index (χ0v) is 13.0. The number of nitrogens with zero attached hydrogens (tertiary/aromatic N) is 1. The number of likely N-dealkylation sites (tertiary alicyclic amines) is 1. The van der Waals surface area contributed by atoms with E-state index in [4.69, 9.17) is 0 Å². The molecule has 0 N–H and O–H groups in total. The molecule has 0 aliphatic carbocycles. The van der Waals surface area contributed by atoms with Gasteiger partial charge in [0.05, 0.1) is 5.25 Å². The number of hydrogen-bond donors (Lipinski definition) is 0. The van der Waals surface area contributed by atoms with Crippen molar-refractivity contribution >= 4 is 23.6 Å². The number of carbonyl (C=O) groups excluding carboxylic acids is 2. The van der Waals surface area contributed by atoms with E-state index in [-0.39, 0.29) is 17.1 Å². The molecule has 1 aliphatic heterocycles. The van der Waals surface area contributed by atoms with E-state index in [9.17, 15) is 9.59 Å². The lowest BCUT2D eigenvalue weighted by Crippen LogP contribution is -2.32. The highest BCUT2D eigenvalue weighted by Gasteiger charge is 2.37. The summed E-state index contributed by atoms with van der Waals surface area (Å²) in [5, 5.41) is -0.108. The van der Waals surface area contributed by atoms with Gasteiger partial charge in [0.2, 0.25) is 11.8 Å². The van der Waals surface area contributed by atoms with Crippen LogP contribution >= 0.6 is 11.8 Å². The van der Waals surface area contributed by atoms with Crippen molar-refractivity contribution in [2.45, 2.75) is 65.0 Å². The third kappa shape index (κ3) is 5.42. The van der Waals surface area contributed by atoms with Crippen molar-refractivity contribution in [3.63, 3.8) is 0 Å². The zero-order chi connectivity index (χ0) is 14.0. The highest BCUT2D eigenvalue weighted by Crippen LogP contribution is 2.25. The number of amides is 2. The van der Waals surface area contributed by atoms with Crippen LogP contribution < -0.4 is 0 Å². The van der Waals surface area contributed by atoms with Crippen molar-refractivity contribution in [2.75, 3.05) is 12.3 Å². The van der Waals surface area contributed by atoms with Crippen LogP contribution in [-0.4, -0.2) is 34.3 Å². The lowest BCUT2D eigenvalue weighted by Gasteiger charge is -2.14. The maximum absolute atomic E-state index is 11.9. The van der Waals surface area contributed by atoms with E-state index < -0.39 is 0 Å². The minimum atomic E-state index is -0.108. The standard InChI is InChI=1S/C12H21NO2S.C2H6/c1-3-5-6-7-8-13-11(14)9-10(12(13)15)16-4-2;1-2/h10H,3-9H2,1-2H3;1-2H3. The molecule has 4 heteroatoms. The minimum Gasteiger partial charge on any atom is -0.282 e. The molecule has 1 atom stereocenters. The number of thioether (sulfide) groups is 1. The van der Waals surface area contributed by atoms with E-state index >= 15 is 0 Å². The molecule has 1 rings (SSSR count). The van der Waals surface area contributed by atoms with E-state index in [0.29, 0.717) is 13.0 Å². The van der Waals surface area contributed by atoms with Crippen LogP contribution in [-0.2, 0) is 9.59 Å². The average Bonchev–Trinajstić information content (AvgIpc) is 2.64. The Bertz CT molecular complexity index is 256. The third-order valence-corrected chi connectivity index (χ3v) is 3.91. The number of rotatable bonds is 7. The monoisotopic (exact) mass is 273 g/mol. The van der Waals surface area contributed by atoms with E-state index in [1.54, 1.807) is 11.8 Å². The molecule has 0 radical (unpaired) electrons. The summed E-state index contributed by atoms with van der Waals surface area (Å²) in [6, 6.07) is 0. The first-order chi connectivity index (χ1) is 8.70. The molecule has 3 nitrogen and oxygen atoms in total. The van der Waals surface area contributed by atoms with Crippen LogP contribution in [0.4, 0.5) is 0 Å². The third-order valence-electron chi connectivity index (χ3n) is 2.81. The smallest absolute Gasteiger partial charge is 0.242 e. The fraction of sp³-hybridized carbons (Fsp3) is 0.857. The van der Waals surface area contributed by atoms with Crippen molar-refractivity contribution in [1.82, 2.24) is 4.90 Å². The number of hydrogen-bond acceptors (Lipinski definition) is 3. The van der Waals surface area contributed by atoms with E-state index in [2.05, 4.69) is 6.92 Å². The summed E-state index contributed by atoms with van der Waals surface area (Å²) in [5.41, 5.74) is 0. The fourth-order valence-corrected chi connectivity index (χ4v) is 2.85. The molecule has 0 spiro atoms. The topological polar surface area (TPSA) is 37.4 Å². The second kappa shape index (κ2) is 10.4. The maximum atomic E-state index is 11.9. The highest BCUT2D eigenvalue weighted by atomic mass is 32.2. The molecule has 0 bridgehead atoms. The Labute approximate surface area is 116 Å². The van der Waals surface area contributed by atoms with Gasteiger partial charge in [-0.2, -0.15) is 0 Å². The van der Waals surface area contributed by atoms with Crippen molar-refractivity contribution in [3.05, 3.63) is 0 Å². The lowest BCUT2D eigenvalue weighted by atomic mass is 10.2. The van der Waals surface area contributed by atoms with Gasteiger partial charge in [0.15, 0.2) is 0 Å². The molecule has 2 amide bonds. The van der Waals surface area contributed by atoms with Crippen LogP contribution in [0.15, 0.2) is 0 Å². The van der Waals surface area contributed by atoms with Crippen molar-refractivity contribution < 1.29 is 9.59 Å². The fourth-order valence-electron chi connectivity index (χ4n) is 1.92. The Hall–Kier alpha value is -0.510. The predicted octanol–water partition coefficient (Wildman–Crippen LogP) is 3.47. The number of unbranched alkanes of at least 4 members (excludes halogenated alkanes) is 3. The quantitative estimate of drug-likeness (QED) is 0.526. The molecular weight excluding hydrogens is 246 g/mol. The van der Waals surface area contributed by atoms with Gasteiger partial charge in [-0.3, -0.25) is 14.5 Å². The summed E-state index contributed by atoms with van der Waals surface area (Å²) >= 11 is 1.59. The molecule has 18 heavy (non-hydrogen) atoms. The van der Waals surface area contributed by atoms with Gasteiger partial charge < -0.3 is 0 Å². The molecule has 0 aromatic heterocycles. The van der Waals surface area contributed by atoms with Crippen LogP contribution in [0.2, 0.25) is 0 Å². The van der Waals surface area contributed by atoms with E-state index in [1.807, 2.05) is 20.8 Å². The molecule has 0 aromatic carbocycles. The molecule has 0 aromatic rings. The molecular formula is C14H27NO2S. The Balaban J connectivity index is 0.00000137. The number of carbonyl (C=O) groups is 2. The van der Waals surface area contributed by atoms with Gasteiger partial charge in [0, 0.05) is 13.0 Å². The second-order valence-electron chi connectivity index (χ2n) is 4.09. The Morgan fingerprint density at radius 2 is 1.83 bits per heavy atom. The Morgan fingerprint density at radius 1 is 1.17 bits per heavy atom. The summed E-state index contributed by atoms with van der Waals surface area (Å²) in [6.45, 7) is 8.80. The Morgan fingerprint density at radius 3 is 2.39 bits per heavy atom. The van der Waals surface area contributed by atoms with Gasteiger partial charge in [0.25, 0.3) is 0 Å². The van der Waals surface area contributed by atoms with Crippen molar-refractivity contribution in [2.24, 2.45) is 0 Å². The summed E-state index contributed by atoms with van der Waals surface area (Å²) in [4.78, 5) is 24.9. The summed E-state index contributed by atoms with van der Waals surface area (Å²) in [7, 11) is 0. The zero-order valence-electron chi connectivity index (χ0n) is 12.2. The SMILES string of the molecule is CC.CCCCCCN1C(=O)CC(SCC)C1=O. The first-order valence-electron chi connectivity index (χ1n) is 7.16. The largest absolute Gasteiger partial charge is 0.282 e. The van der Waals surface area contributed by atoms with Crippen molar-refractivity contribution in [3.8, 4) is 0 Å². The van der Waals surface area contributed by atoms with E-state index in [1.165, 1.54) is 17.7 Å². The summed E-state index contributed by atoms with van der Waals surface area (Å²) < 4.78 is 0. The normalized spacial score (nSPS) is 18.9. The summed E-state index contributed by atoms with van der Waals surface area (Å²) in [6.07, 6.45) is 4.83. The van der Waals surface area contributed by atoms with Gasteiger partial charge in [-0.1, -0.05) is 47.0 Å². The molecule has 1 unspecified atom stereocenters. The van der Waals surface area contributed by atoms with Crippen molar-refractivity contribution in [1.29, 1.82) is 0 Å². The van der Waals surface area contributed by atoms with Crippen LogP contribution in [0.3, 0.4) is 0 Å². The van der Waals surface area contributed by atoms with Gasteiger partial charge in [-0.25, -0.2) is 0 Å². The lowest BCUT2D eigenvalue weighted by molar-refractivity contribution is -0.138. The van der Waals surface area contributed by atoms with Crippen LogP contribution in [0.5, 0.6) is 0 Å². The highest BCUT2D eigenvalue weighted by molar-refractivity contribution is 8.00. The first kappa shape index (κ1) is 17.5. The molecule has 106 valence electrons. The summed E-state index contributed by atoms with van der Waals surface area (Å²) in [5.74, 6) is 0.952. The van der Waals surface area contributed by atoms with Gasteiger partial charge in [-0.15, -0.1) is 11.8 Å². The first-order valence-corrected chi connectivity index (χ1v) is 8.21.